The number of fused-ring (bicyclic) bond motifs is 1. The van der Waals surface area contributed by atoms with Crippen LogP contribution in [0.25, 0.3) is 11.0 Å². The molecule has 19 heavy (non-hydrogen) atoms. The van der Waals surface area contributed by atoms with E-state index in [-0.39, 0.29) is 0 Å². The van der Waals surface area contributed by atoms with Crippen molar-refractivity contribution >= 4 is 44.4 Å². The number of nitrogens with one attached hydrogen (secondary N) is 1. The van der Waals surface area contributed by atoms with Gasteiger partial charge in [-0.25, -0.2) is 0 Å². The van der Waals surface area contributed by atoms with E-state index in [2.05, 4.69) is 37.5 Å². The number of aromatic nitrogens is 2. The van der Waals surface area contributed by atoms with Crippen molar-refractivity contribution in [1.29, 1.82) is 0 Å². The van der Waals surface area contributed by atoms with Gasteiger partial charge in [-0.15, -0.1) is 0 Å². The molecular formula is C14H16BrN3S. The van der Waals surface area contributed by atoms with Crippen molar-refractivity contribution in [3.05, 3.63) is 29.0 Å². The van der Waals surface area contributed by atoms with Gasteiger partial charge in [0.25, 0.3) is 0 Å². The van der Waals surface area contributed by atoms with E-state index in [1.54, 1.807) is 0 Å². The molecule has 0 radical (unpaired) electrons. The van der Waals surface area contributed by atoms with E-state index >= 15 is 0 Å². The number of rotatable bonds is 3. The highest BCUT2D eigenvalue weighted by atomic mass is 79.9. The van der Waals surface area contributed by atoms with E-state index in [4.69, 9.17) is 0 Å². The summed E-state index contributed by atoms with van der Waals surface area (Å²) in [7, 11) is 0. The third-order valence-electron chi connectivity index (χ3n) is 3.62. The monoisotopic (exact) mass is 337 g/mol. The topological polar surface area (TPSA) is 37.8 Å². The zero-order chi connectivity index (χ0) is 13.2. The highest BCUT2D eigenvalue weighted by Gasteiger charge is 2.24. The summed E-state index contributed by atoms with van der Waals surface area (Å²) in [5, 5.41) is 4.44. The van der Waals surface area contributed by atoms with Crippen molar-refractivity contribution in [2.24, 2.45) is 0 Å². The molecule has 2 aromatic heterocycles. The molecule has 2 unspecified atom stereocenters. The molecule has 1 aliphatic rings. The summed E-state index contributed by atoms with van der Waals surface area (Å²) in [6.45, 7) is 0. The molecule has 3 rings (SSSR count). The Kier molecular flexibility index (Phi) is 3.93. The molecular weight excluding hydrogens is 322 g/mol. The Morgan fingerprint density at radius 3 is 3.05 bits per heavy atom. The van der Waals surface area contributed by atoms with Crippen LogP contribution in [-0.2, 0) is 0 Å². The van der Waals surface area contributed by atoms with Crippen molar-refractivity contribution in [2.45, 2.75) is 30.6 Å². The van der Waals surface area contributed by atoms with Crippen LogP contribution in [0.1, 0.15) is 19.3 Å². The predicted molar refractivity (Wildman–Crippen MR) is 85.8 cm³/mol. The average Bonchev–Trinajstić information content (AvgIpc) is 2.86. The normalized spacial score (nSPS) is 22.8. The molecule has 3 nitrogen and oxygen atoms in total. The van der Waals surface area contributed by atoms with Crippen LogP contribution in [0.2, 0.25) is 0 Å². The fourth-order valence-corrected chi connectivity index (χ4v) is 3.74. The summed E-state index contributed by atoms with van der Waals surface area (Å²) in [5.41, 5.74) is 2.99. The summed E-state index contributed by atoms with van der Waals surface area (Å²) in [5.74, 6) is 0. The van der Waals surface area contributed by atoms with Crippen LogP contribution >= 0.6 is 27.7 Å². The lowest BCUT2D eigenvalue weighted by molar-refractivity contribution is 0.758. The standard InChI is InChI=1S/C14H16BrN3S/c1-19-11-3-2-10(7-11)18-12-4-5-16-13-6-9(15)8-17-14(12)13/h4-6,8,10-11H,2-3,7H2,1H3,(H,16,18). The molecule has 0 spiro atoms. The van der Waals surface area contributed by atoms with E-state index in [1.807, 2.05) is 36.3 Å². The Hall–Kier alpha value is -0.810. The quantitative estimate of drug-likeness (QED) is 0.915. The first kappa shape index (κ1) is 13.2. The second kappa shape index (κ2) is 5.67. The molecule has 2 atom stereocenters. The van der Waals surface area contributed by atoms with Crippen molar-refractivity contribution in [2.75, 3.05) is 11.6 Å². The molecule has 100 valence electrons. The predicted octanol–water partition coefficient (Wildman–Crippen LogP) is 4.09. The zero-order valence-electron chi connectivity index (χ0n) is 10.8. The van der Waals surface area contributed by atoms with Crippen LogP contribution in [0.3, 0.4) is 0 Å². The maximum Gasteiger partial charge on any atom is 0.112 e. The lowest BCUT2D eigenvalue weighted by Crippen LogP contribution is -2.16. The second-order valence-electron chi connectivity index (χ2n) is 4.89. The third-order valence-corrected chi connectivity index (χ3v) is 5.15. The van der Waals surface area contributed by atoms with E-state index in [0.29, 0.717) is 6.04 Å². The van der Waals surface area contributed by atoms with E-state index < -0.39 is 0 Å². The van der Waals surface area contributed by atoms with Crippen molar-refractivity contribution in [1.82, 2.24) is 9.97 Å². The van der Waals surface area contributed by atoms with Gasteiger partial charge in [-0.05, 0) is 53.6 Å². The summed E-state index contributed by atoms with van der Waals surface area (Å²) in [4.78, 5) is 8.86. The minimum absolute atomic E-state index is 0.563. The molecule has 0 aliphatic heterocycles. The van der Waals surface area contributed by atoms with Gasteiger partial charge in [0.1, 0.15) is 5.52 Å². The molecule has 0 aromatic carbocycles. The second-order valence-corrected chi connectivity index (χ2v) is 6.95. The number of hydrogen-bond acceptors (Lipinski definition) is 4. The first-order chi connectivity index (χ1) is 9.26. The zero-order valence-corrected chi connectivity index (χ0v) is 13.2. The Labute approximate surface area is 125 Å². The number of anilines is 1. The van der Waals surface area contributed by atoms with E-state index in [1.165, 1.54) is 19.3 Å². The van der Waals surface area contributed by atoms with Gasteiger partial charge in [0.2, 0.25) is 0 Å². The SMILES string of the molecule is CSC1CCC(Nc2ccnc3cc(Br)cnc23)C1. The van der Waals surface area contributed by atoms with Gasteiger partial charge in [0.15, 0.2) is 0 Å². The third kappa shape index (κ3) is 2.87. The van der Waals surface area contributed by atoms with E-state index in [9.17, 15) is 0 Å². The van der Waals surface area contributed by atoms with Crippen LogP contribution < -0.4 is 5.32 Å². The van der Waals surface area contributed by atoms with Gasteiger partial charge in [0.05, 0.1) is 11.2 Å². The largest absolute Gasteiger partial charge is 0.380 e. The number of pyridine rings is 2. The summed E-state index contributed by atoms with van der Waals surface area (Å²) >= 11 is 5.41. The maximum absolute atomic E-state index is 4.48. The van der Waals surface area contributed by atoms with Gasteiger partial charge in [0, 0.05) is 28.2 Å². The van der Waals surface area contributed by atoms with Gasteiger partial charge >= 0.3 is 0 Å². The Balaban J connectivity index is 1.85. The van der Waals surface area contributed by atoms with Crippen LogP contribution in [-0.4, -0.2) is 27.5 Å². The van der Waals surface area contributed by atoms with E-state index in [0.717, 1.165) is 26.4 Å². The van der Waals surface area contributed by atoms with Crippen molar-refractivity contribution in [3.8, 4) is 0 Å². The molecule has 1 fully saturated rings. The highest BCUT2D eigenvalue weighted by Crippen LogP contribution is 2.31. The summed E-state index contributed by atoms with van der Waals surface area (Å²) in [6, 6.07) is 4.59. The molecule has 5 heteroatoms. The number of halogens is 1. The molecule has 2 aromatic rings. The van der Waals surface area contributed by atoms with Crippen LogP contribution in [0, 0.1) is 0 Å². The Morgan fingerprint density at radius 1 is 1.37 bits per heavy atom. The fraction of sp³-hybridized carbons (Fsp3) is 0.429. The Morgan fingerprint density at radius 2 is 2.26 bits per heavy atom. The van der Waals surface area contributed by atoms with Crippen LogP contribution in [0.5, 0.6) is 0 Å². The number of nitrogens with zero attached hydrogens (tertiary/aromatic N) is 2. The highest BCUT2D eigenvalue weighted by molar-refractivity contribution is 9.10. The van der Waals surface area contributed by atoms with Crippen molar-refractivity contribution in [3.63, 3.8) is 0 Å². The van der Waals surface area contributed by atoms with Gasteiger partial charge in [-0.1, -0.05) is 0 Å². The minimum Gasteiger partial charge on any atom is -0.380 e. The first-order valence-electron chi connectivity index (χ1n) is 6.46. The maximum atomic E-state index is 4.48. The smallest absolute Gasteiger partial charge is 0.112 e. The molecule has 1 aliphatic carbocycles. The fourth-order valence-electron chi connectivity index (χ4n) is 2.63. The molecule has 1 saturated carbocycles. The number of thioether (sulfide) groups is 1. The lowest BCUT2D eigenvalue weighted by Gasteiger charge is -2.15. The molecule has 0 amide bonds. The Bertz CT molecular complexity index is 590. The summed E-state index contributed by atoms with van der Waals surface area (Å²) < 4.78 is 0.966. The average molecular weight is 338 g/mol. The van der Waals surface area contributed by atoms with Gasteiger partial charge < -0.3 is 5.32 Å². The van der Waals surface area contributed by atoms with Gasteiger partial charge in [-0.2, -0.15) is 11.8 Å². The molecule has 0 bridgehead atoms. The van der Waals surface area contributed by atoms with Crippen LogP contribution in [0.4, 0.5) is 5.69 Å². The van der Waals surface area contributed by atoms with Crippen molar-refractivity contribution < 1.29 is 0 Å². The number of hydrogen-bond donors (Lipinski definition) is 1. The molecule has 0 saturated heterocycles. The lowest BCUT2D eigenvalue weighted by atomic mass is 10.2. The summed E-state index contributed by atoms with van der Waals surface area (Å²) in [6.07, 6.45) is 9.66. The van der Waals surface area contributed by atoms with Crippen LogP contribution in [0.15, 0.2) is 29.0 Å². The molecule has 2 heterocycles. The van der Waals surface area contributed by atoms with Gasteiger partial charge in [-0.3, -0.25) is 9.97 Å². The molecule has 1 N–H and O–H groups in total. The minimum atomic E-state index is 0.563. The first-order valence-corrected chi connectivity index (χ1v) is 8.54.